The molecule has 1 saturated heterocycles. The largest absolute Gasteiger partial charge is 0.309 e. The number of aryl methyl sites for hydroxylation is 2. The van der Waals surface area contributed by atoms with E-state index in [-0.39, 0.29) is 17.5 Å². The third kappa shape index (κ3) is 2.46. The van der Waals surface area contributed by atoms with Gasteiger partial charge >= 0.3 is 0 Å². The summed E-state index contributed by atoms with van der Waals surface area (Å²) in [5, 5.41) is 4.50. The van der Waals surface area contributed by atoms with Gasteiger partial charge in [0, 0.05) is 12.6 Å². The minimum Gasteiger partial charge on any atom is -0.309 e. The molecule has 0 N–H and O–H groups in total. The number of alkyl halides is 1. The smallest absolute Gasteiger partial charge is 0.159 e. The fourth-order valence-corrected chi connectivity index (χ4v) is 4.72. The van der Waals surface area contributed by atoms with Gasteiger partial charge in [0.05, 0.1) is 23.1 Å². The van der Waals surface area contributed by atoms with Crippen LogP contribution >= 0.6 is 11.6 Å². The van der Waals surface area contributed by atoms with E-state index in [9.17, 15) is 8.42 Å². The first-order valence-electron chi connectivity index (χ1n) is 7.17. The van der Waals surface area contributed by atoms with Crippen molar-refractivity contribution in [3.05, 3.63) is 11.5 Å². The quantitative estimate of drug-likeness (QED) is 0.808. The maximum absolute atomic E-state index is 11.6. The molecule has 0 atom stereocenters. The Labute approximate surface area is 129 Å². The van der Waals surface area contributed by atoms with Crippen molar-refractivity contribution >= 4 is 32.6 Å². The molecule has 0 radical (unpaired) electrons. The number of aromatic nitrogens is 4. The molecule has 0 amide bonds. The lowest BCUT2D eigenvalue weighted by Crippen LogP contribution is -2.27. The zero-order chi connectivity index (χ0) is 15.2. The SMILES string of the molecule is CCn1nc(C)c2nc(CCl)n(C3CCS(=O)(=O)CC3)c21. The highest BCUT2D eigenvalue weighted by Gasteiger charge is 2.29. The summed E-state index contributed by atoms with van der Waals surface area (Å²) in [6, 6.07) is 0.133. The molecule has 0 bridgehead atoms. The van der Waals surface area contributed by atoms with Crippen molar-refractivity contribution in [3.63, 3.8) is 0 Å². The number of sulfone groups is 1. The summed E-state index contributed by atoms with van der Waals surface area (Å²) in [5.74, 6) is 1.59. The Hall–Kier alpha value is -1.08. The first-order valence-corrected chi connectivity index (χ1v) is 9.53. The minimum absolute atomic E-state index is 0.133. The first-order chi connectivity index (χ1) is 9.96. The van der Waals surface area contributed by atoms with Gasteiger partial charge in [0.15, 0.2) is 5.65 Å². The monoisotopic (exact) mass is 330 g/mol. The van der Waals surface area contributed by atoms with Crippen molar-refractivity contribution in [2.75, 3.05) is 11.5 Å². The Morgan fingerprint density at radius 3 is 2.57 bits per heavy atom. The van der Waals surface area contributed by atoms with Crippen LogP contribution in [-0.4, -0.2) is 39.3 Å². The van der Waals surface area contributed by atoms with E-state index in [1.165, 1.54) is 0 Å². The normalized spacial score (nSPS) is 19.4. The van der Waals surface area contributed by atoms with E-state index in [1.54, 1.807) is 0 Å². The van der Waals surface area contributed by atoms with Crippen molar-refractivity contribution in [1.82, 2.24) is 19.3 Å². The molecular weight excluding hydrogens is 312 g/mol. The third-order valence-electron chi connectivity index (χ3n) is 4.13. The molecule has 0 spiro atoms. The lowest BCUT2D eigenvalue weighted by Gasteiger charge is -2.25. The fourth-order valence-electron chi connectivity index (χ4n) is 3.07. The van der Waals surface area contributed by atoms with Crippen LogP contribution in [0.15, 0.2) is 0 Å². The molecule has 1 fully saturated rings. The third-order valence-corrected chi connectivity index (χ3v) is 6.08. The second-order valence-corrected chi connectivity index (χ2v) is 8.06. The topological polar surface area (TPSA) is 69.8 Å². The average molecular weight is 331 g/mol. The molecular formula is C13H19ClN4O2S. The van der Waals surface area contributed by atoms with Gasteiger partial charge in [0.1, 0.15) is 21.2 Å². The Morgan fingerprint density at radius 2 is 2.00 bits per heavy atom. The molecule has 21 heavy (non-hydrogen) atoms. The summed E-state index contributed by atoms with van der Waals surface area (Å²) in [5.41, 5.74) is 2.73. The number of hydrogen-bond acceptors (Lipinski definition) is 4. The molecule has 116 valence electrons. The molecule has 2 aromatic rings. The molecule has 0 aromatic carbocycles. The van der Waals surface area contributed by atoms with E-state index in [1.807, 2.05) is 18.5 Å². The molecule has 0 saturated carbocycles. The Bertz CT molecular complexity index is 764. The Balaban J connectivity index is 2.12. The number of rotatable bonds is 3. The Morgan fingerprint density at radius 1 is 1.33 bits per heavy atom. The summed E-state index contributed by atoms with van der Waals surface area (Å²) in [6.07, 6.45) is 1.23. The maximum atomic E-state index is 11.6. The summed E-state index contributed by atoms with van der Waals surface area (Å²) >= 11 is 6.05. The predicted molar refractivity (Wildman–Crippen MR) is 82.4 cm³/mol. The number of hydrogen-bond donors (Lipinski definition) is 0. The molecule has 2 aromatic heterocycles. The van der Waals surface area contributed by atoms with E-state index in [0.29, 0.717) is 18.7 Å². The van der Waals surface area contributed by atoms with Gasteiger partial charge < -0.3 is 4.57 Å². The van der Waals surface area contributed by atoms with Crippen LogP contribution in [0.5, 0.6) is 0 Å². The summed E-state index contributed by atoms with van der Waals surface area (Å²) in [7, 11) is -2.88. The highest BCUT2D eigenvalue weighted by Crippen LogP contribution is 2.31. The van der Waals surface area contributed by atoms with Crippen LogP contribution in [0.2, 0.25) is 0 Å². The summed E-state index contributed by atoms with van der Waals surface area (Å²) in [6.45, 7) is 4.73. The number of nitrogens with zero attached hydrogens (tertiary/aromatic N) is 4. The molecule has 6 nitrogen and oxygen atoms in total. The van der Waals surface area contributed by atoms with E-state index < -0.39 is 9.84 Å². The van der Waals surface area contributed by atoms with Crippen LogP contribution in [0.4, 0.5) is 0 Å². The maximum Gasteiger partial charge on any atom is 0.159 e. The van der Waals surface area contributed by atoms with Gasteiger partial charge in [-0.05, 0) is 26.7 Å². The summed E-state index contributed by atoms with van der Waals surface area (Å²) < 4.78 is 27.3. The molecule has 8 heteroatoms. The molecule has 3 rings (SSSR count). The van der Waals surface area contributed by atoms with Crippen LogP contribution < -0.4 is 0 Å². The van der Waals surface area contributed by atoms with Gasteiger partial charge in [-0.1, -0.05) is 0 Å². The van der Waals surface area contributed by atoms with Crippen LogP contribution in [0, 0.1) is 6.92 Å². The highest BCUT2D eigenvalue weighted by atomic mass is 35.5. The van der Waals surface area contributed by atoms with Crippen molar-refractivity contribution in [3.8, 4) is 0 Å². The standard InChI is InChI=1S/C13H19ClN4O2S/c1-3-17-13-12(9(2)16-17)15-11(8-14)18(13)10-4-6-21(19,20)7-5-10/h10H,3-8H2,1-2H3. The van der Waals surface area contributed by atoms with Crippen molar-refractivity contribution in [1.29, 1.82) is 0 Å². The van der Waals surface area contributed by atoms with E-state index in [2.05, 4.69) is 14.6 Å². The van der Waals surface area contributed by atoms with Crippen LogP contribution in [-0.2, 0) is 22.3 Å². The Kier molecular flexibility index (Phi) is 3.73. The zero-order valence-electron chi connectivity index (χ0n) is 12.2. The van der Waals surface area contributed by atoms with E-state index in [0.717, 1.165) is 29.2 Å². The second kappa shape index (κ2) is 5.28. The minimum atomic E-state index is -2.88. The van der Waals surface area contributed by atoms with Gasteiger partial charge in [0.2, 0.25) is 0 Å². The predicted octanol–water partition coefficient (Wildman–Crippen LogP) is 2.05. The van der Waals surface area contributed by atoms with Crippen molar-refractivity contribution in [2.24, 2.45) is 0 Å². The van der Waals surface area contributed by atoms with Crippen LogP contribution in [0.25, 0.3) is 11.2 Å². The van der Waals surface area contributed by atoms with Crippen LogP contribution in [0.1, 0.15) is 37.3 Å². The summed E-state index contributed by atoms with van der Waals surface area (Å²) in [4.78, 5) is 4.61. The molecule has 0 unspecified atom stereocenters. The molecule has 0 aliphatic carbocycles. The van der Waals surface area contributed by atoms with Gasteiger partial charge in [-0.25, -0.2) is 18.1 Å². The van der Waals surface area contributed by atoms with E-state index >= 15 is 0 Å². The highest BCUT2D eigenvalue weighted by molar-refractivity contribution is 7.91. The number of fused-ring (bicyclic) bond motifs is 1. The molecule has 1 aliphatic heterocycles. The molecule has 1 aliphatic rings. The second-order valence-electron chi connectivity index (χ2n) is 5.49. The molecule has 3 heterocycles. The van der Waals surface area contributed by atoms with Gasteiger partial charge in [0.25, 0.3) is 0 Å². The average Bonchev–Trinajstić information content (AvgIpc) is 2.97. The van der Waals surface area contributed by atoms with Crippen molar-refractivity contribution < 1.29 is 8.42 Å². The van der Waals surface area contributed by atoms with E-state index in [4.69, 9.17) is 11.6 Å². The zero-order valence-corrected chi connectivity index (χ0v) is 13.8. The number of imidazole rings is 1. The van der Waals surface area contributed by atoms with Gasteiger partial charge in [-0.3, -0.25) is 0 Å². The number of halogens is 1. The van der Waals surface area contributed by atoms with Gasteiger partial charge in [-0.2, -0.15) is 5.10 Å². The van der Waals surface area contributed by atoms with Crippen LogP contribution in [0.3, 0.4) is 0 Å². The lowest BCUT2D eigenvalue weighted by atomic mass is 10.1. The lowest BCUT2D eigenvalue weighted by molar-refractivity contribution is 0.441. The first kappa shape index (κ1) is 14.8. The van der Waals surface area contributed by atoms with Crippen molar-refractivity contribution in [2.45, 2.75) is 45.2 Å². The van der Waals surface area contributed by atoms with Gasteiger partial charge in [-0.15, -0.1) is 11.6 Å². The fraction of sp³-hybridized carbons (Fsp3) is 0.692.